The summed E-state index contributed by atoms with van der Waals surface area (Å²) in [6.45, 7) is 8.04. The molecule has 1 fully saturated rings. The van der Waals surface area contributed by atoms with Gasteiger partial charge in [-0.25, -0.2) is 0 Å². The van der Waals surface area contributed by atoms with Crippen LogP contribution in [-0.4, -0.2) is 34.7 Å². The molecule has 0 aromatic heterocycles. The highest BCUT2D eigenvalue weighted by atomic mass is 35.5. The lowest BCUT2D eigenvalue weighted by Crippen LogP contribution is -2.38. The third-order valence-electron chi connectivity index (χ3n) is 6.18. The first-order valence-corrected chi connectivity index (χ1v) is 10.9. The van der Waals surface area contributed by atoms with Crippen molar-refractivity contribution in [3.63, 3.8) is 0 Å². The first kappa shape index (κ1) is 20.7. The molecule has 156 valence electrons. The maximum absolute atomic E-state index is 13.6. The summed E-state index contributed by atoms with van der Waals surface area (Å²) in [6.07, 6.45) is 2.05. The third kappa shape index (κ3) is 3.77. The summed E-state index contributed by atoms with van der Waals surface area (Å²) in [7, 11) is 0. The average molecular weight is 423 g/mol. The molecule has 4 nitrogen and oxygen atoms in total. The Morgan fingerprint density at radius 1 is 1.00 bits per heavy atom. The van der Waals surface area contributed by atoms with Crippen molar-refractivity contribution in [3.05, 3.63) is 75.4 Å². The Hall–Kier alpha value is -2.59. The highest BCUT2D eigenvalue weighted by molar-refractivity contribution is 6.36. The first-order chi connectivity index (χ1) is 14.4. The number of carbonyl (C=O) groups excluding carboxylic acids is 2. The van der Waals surface area contributed by atoms with Crippen molar-refractivity contribution in [1.82, 2.24) is 9.80 Å². The van der Waals surface area contributed by atoms with E-state index >= 15 is 0 Å². The molecular weight excluding hydrogens is 396 g/mol. The normalized spacial score (nSPS) is 18.0. The van der Waals surface area contributed by atoms with E-state index in [1.807, 2.05) is 44.2 Å². The van der Waals surface area contributed by atoms with Gasteiger partial charge in [-0.15, -0.1) is 0 Å². The Morgan fingerprint density at radius 2 is 1.70 bits per heavy atom. The molecule has 2 aromatic rings. The number of imide groups is 1. The van der Waals surface area contributed by atoms with Crippen molar-refractivity contribution in [2.24, 2.45) is 5.92 Å². The minimum atomic E-state index is -0.236. The largest absolute Gasteiger partial charge is 0.366 e. The van der Waals surface area contributed by atoms with Crippen molar-refractivity contribution < 1.29 is 9.59 Å². The van der Waals surface area contributed by atoms with Gasteiger partial charge in [0.25, 0.3) is 11.8 Å². The van der Waals surface area contributed by atoms with Crippen LogP contribution in [0, 0.1) is 19.8 Å². The zero-order chi connectivity index (χ0) is 21.4. The highest BCUT2D eigenvalue weighted by Gasteiger charge is 2.42. The van der Waals surface area contributed by atoms with Gasteiger partial charge in [0.05, 0.1) is 12.1 Å². The minimum Gasteiger partial charge on any atom is -0.366 e. The van der Waals surface area contributed by atoms with Crippen LogP contribution in [0.3, 0.4) is 0 Å². The smallest absolute Gasteiger partial charge is 0.278 e. The van der Waals surface area contributed by atoms with Crippen LogP contribution in [0.5, 0.6) is 0 Å². The van der Waals surface area contributed by atoms with Gasteiger partial charge in [-0.1, -0.05) is 60.5 Å². The van der Waals surface area contributed by atoms with Gasteiger partial charge in [-0.2, -0.15) is 0 Å². The molecule has 2 heterocycles. The number of hydrogen-bond acceptors (Lipinski definition) is 3. The quantitative estimate of drug-likeness (QED) is 0.653. The van der Waals surface area contributed by atoms with Gasteiger partial charge >= 0.3 is 0 Å². The van der Waals surface area contributed by atoms with Crippen LogP contribution in [0.1, 0.15) is 42.0 Å². The predicted octanol–water partition coefficient (Wildman–Crippen LogP) is 4.97. The number of benzene rings is 2. The van der Waals surface area contributed by atoms with Gasteiger partial charge in [0.15, 0.2) is 0 Å². The first-order valence-electron chi connectivity index (χ1n) is 10.5. The number of nitrogens with zero attached hydrogens (tertiary/aromatic N) is 2. The molecule has 0 N–H and O–H groups in total. The zero-order valence-corrected chi connectivity index (χ0v) is 18.5. The van der Waals surface area contributed by atoms with Crippen molar-refractivity contribution in [2.45, 2.75) is 40.2 Å². The number of amides is 2. The Bertz CT molecular complexity index is 1040. The van der Waals surface area contributed by atoms with Crippen LogP contribution in [0.15, 0.2) is 48.2 Å². The van der Waals surface area contributed by atoms with E-state index in [4.69, 9.17) is 11.6 Å². The molecule has 5 heteroatoms. The highest BCUT2D eigenvalue weighted by Crippen LogP contribution is 2.36. The van der Waals surface area contributed by atoms with E-state index < -0.39 is 0 Å². The number of rotatable bonds is 4. The fraction of sp³-hybridized carbons (Fsp3) is 0.360. The third-order valence-corrected chi connectivity index (χ3v) is 6.55. The summed E-state index contributed by atoms with van der Waals surface area (Å²) in [5, 5.41) is 0.561. The minimum absolute atomic E-state index is 0.180. The number of hydrogen-bond donors (Lipinski definition) is 0. The Balaban J connectivity index is 1.77. The van der Waals surface area contributed by atoms with E-state index in [1.165, 1.54) is 4.90 Å². The molecule has 0 saturated carbocycles. The van der Waals surface area contributed by atoms with E-state index in [9.17, 15) is 9.59 Å². The Labute approximate surface area is 183 Å². The maximum Gasteiger partial charge on any atom is 0.278 e. The van der Waals surface area contributed by atoms with Crippen molar-refractivity contribution in [3.8, 4) is 0 Å². The van der Waals surface area contributed by atoms with Crippen LogP contribution in [0.25, 0.3) is 5.57 Å². The average Bonchev–Trinajstić information content (AvgIpc) is 2.95. The Kier molecular flexibility index (Phi) is 5.70. The summed E-state index contributed by atoms with van der Waals surface area (Å²) < 4.78 is 0. The number of aryl methyl sites for hydroxylation is 2. The summed E-state index contributed by atoms with van der Waals surface area (Å²) >= 11 is 6.32. The van der Waals surface area contributed by atoms with Crippen LogP contribution in [0.2, 0.25) is 5.02 Å². The van der Waals surface area contributed by atoms with Gasteiger partial charge in [0.2, 0.25) is 0 Å². The fourth-order valence-electron chi connectivity index (χ4n) is 4.37. The molecule has 2 aliphatic rings. The van der Waals surface area contributed by atoms with Crippen molar-refractivity contribution >= 4 is 29.0 Å². The zero-order valence-electron chi connectivity index (χ0n) is 17.7. The second-order valence-corrected chi connectivity index (χ2v) is 8.91. The molecule has 2 amide bonds. The monoisotopic (exact) mass is 422 g/mol. The number of carbonyl (C=O) groups is 2. The number of halogens is 1. The lowest BCUT2D eigenvalue weighted by Gasteiger charge is -2.32. The van der Waals surface area contributed by atoms with E-state index in [-0.39, 0.29) is 18.4 Å². The summed E-state index contributed by atoms with van der Waals surface area (Å²) in [4.78, 5) is 30.6. The second-order valence-electron chi connectivity index (χ2n) is 8.50. The molecular formula is C25H27ClN2O2. The standard InChI is InChI=1S/C25H27ClN2O2/c1-16-10-12-27(13-11-16)23-22(20-9-8-17(2)14-18(20)3)24(29)28(25(23)30)15-19-6-4-5-7-21(19)26/h4-9,14,16H,10-13,15H2,1-3H3. The maximum atomic E-state index is 13.6. The van der Waals surface area contributed by atoms with E-state index in [0.717, 1.165) is 48.2 Å². The van der Waals surface area contributed by atoms with Crippen LogP contribution in [-0.2, 0) is 16.1 Å². The number of likely N-dealkylation sites (tertiary alicyclic amines) is 1. The second kappa shape index (κ2) is 8.27. The molecule has 1 saturated heterocycles. The van der Waals surface area contributed by atoms with E-state index in [1.54, 1.807) is 6.07 Å². The van der Waals surface area contributed by atoms with Gasteiger partial charge in [0, 0.05) is 18.1 Å². The molecule has 4 rings (SSSR count). The van der Waals surface area contributed by atoms with Crippen molar-refractivity contribution in [2.75, 3.05) is 13.1 Å². The lowest BCUT2D eigenvalue weighted by atomic mass is 9.95. The number of piperidine rings is 1. The topological polar surface area (TPSA) is 40.6 Å². The molecule has 0 unspecified atom stereocenters. The fourth-order valence-corrected chi connectivity index (χ4v) is 4.56. The molecule has 30 heavy (non-hydrogen) atoms. The van der Waals surface area contributed by atoms with Gasteiger partial charge in [0.1, 0.15) is 5.70 Å². The van der Waals surface area contributed by atoms with Crippen molar-refractivity contribution in [1.29, 1.82) is 0 Å². The molecule has 2 aromatic carbocycles. The van der Waals surface area contributed by atoms with Crippen LogP contribution in [0.4, 0.5) is 0 Å². The van der Waals surface area contributed by atoms with E-state index in [0.29, 0.717) is 22.2 Å². The predicted molar refractivity (Wildman–Crippen MR) is 120 cm³/mol. The Morgan fingerprint density at radius 3 is 2.37 bits per heavy atom. The van der Waals surface area contributed by atoms with E-state index in [2.05, 4.69) is 17.9 Å². The summed E-state index contributed by atoms with van der Waals surface area (Å²) in [5.41, 5.74) is 4.83. The molecule has 0 spiro atoms. The summed E-state index contributed by atoms with van der Waals surface area (Å²) in [6, 6.07) is 13.4. The molecule has 0 radical (unpaired) electrons. The lowest BCUT2D eigenvalue weighted by molar-refractivity contribution is -0.138. The summed E-state index contributed by atoms with van der Waals surface area (Å²) in [5.74, 6) is 0.183. The van der Waals surface area contributed by atoms with Crippen LogP contribution < -0.4 is 0 Å². The molecule has 0 aliphatic carbocycles. The molecule has 2 aliphatic heterocycles. The van der Waals surface area contributed by atoms with Gasteiger partial charge in [-0.3, -0.25) is 14.5 Å². The van der Waals surface area contributed by atoms with Gasteiger partial charge in [-0.05, 0) is 55.4 Å². The van der Waals surface area contributed by atoms with Crippen LogP contribution >= 0.6 is 11.6 Å². The molecule has 0 bridgehead atoms. The van der Waals surface area contributed by atoms with Gasteiger partial charge < -0.3 is 4.90 Å². The molecule has 0 atom stereocenters. The SMILES string of the molecule is Cc1ccc(C2=C(N3CCC(C)CC3)C(=O)N(Cc3ccccc3Cl)C2=O)c(C)c1.